The van der Waals surface area contributed by atoms with Gasteiger partial charge in [-0.2, -0.15) is 0 Å². The molecule has 3 aromatic heterocycles. The van der Waals surface area contributed by atoms with Crippen molar-refractivity contribution in [3.05, 3.63) is 158 Å². The summed E-state index contributed by atoms with van der Waals surface area (Å²) in [7, 11) is 0. The number of pyridine rings is 3. The van der Waals surface area contributed by atoms with Crippen LogP contribution in [0.2, 0.25) is 0 Å². The van der Waals surface area contributed by atoms with Gasteiger partial charge in [-0.1, -0.05) is 36.4 Å². The Balaban J connectivity index is 0.000000156. The van der Waals surface area contributed by atoms with E-state index in [4.69, 9.17) is 0 Å². The first-order valence-electron chi connectivity index (χ1n) is 11.7. The predicted molar refractivity (Wildman–Crippen MR) is 147 cm³/mol. The molecule has 5 heteroatoms. The van der Waals surface area contributed by atoms with Crippen LogP contribution in [0.5, 0.6) is 5.75 Å². The molecule has 0 bridgehead atoms. The molecule has 0 fully saturated rings. The Kier molecular flexibility index (Phi) is 11.6. The minimum Gasteiger partial charge on any atom is -0.527 e. The maximum absolute atomic E-state index is 9.23. The van der Waals surface area contributed by atoms with Crippen LogP contribution in [0.25, 0.3) is 33.8 Å². The third kappa shape index (κ3) is 8.90. The van der Waals surface area contributed by atoms with E-state index in [-0.39, 0.29) is 25.9 Å². The molecule has 6 aromatic rings. The van der Waals surface area contributed by atoms with E-state index in [1.54, 1.807) is 36.8 Å². The Morgan fingerprint density at radius 1 is 0.447 bits per heavy atom. The van der Waals surface area contributed by atoms with Crippen molar-refractivity contribution in [2.24, 2.45) is 0 Å². The van der Waals surface area contributed by atoms with E-state index < -0.39 is 0 Å². The second-order valence-electron chi connectivity index (χ2n) is 7.66. The molecule has 0 saturated heterocycles. The van der Waals surface area contributed by atoms with Crippen molar-refractivity contribution in [1.29, 1.82) is 0 Å². The molecule has 0 aliphatic carbocycles. The fourth-order valence-electron chi connectivity index (χ4n) is 3.27. The van der Waals surface area contributed by atoms with Crippen LogP contribution in [0, 0.1) is 18.2 Å². The molecule has 186 valence electrons. The third-order valence-electron chi connectivity index (χ3n) is 5.03. The van der Waals surface area contributed by atoms with E-state index in [9.17, 15) is 5.11 Å². The summed E-state index contributed by atoms with van der Waals surface area (Å²) in [6, 6.07) is 47.2. The Morgan fingerprint density at radius 3 is 1.24 bits per heavy atom. The third-order valence-corrected chi connectivity index (χ3v) is 5.03. The fourth-order valence-corrected chi connectivity index (χ4v) is 3.27. The number of aromatic hydroxyl groups is 1. The van der Waals surface area contributed by atoms with Crippen molar-refractivity contribution in [3.63, 3.8) is 0 Å². The molecule has 0 aliphatic rings. The molecule has 3 aromatic carbocycles. The largest absolute Gasteiger partial charge is 3.00 e. The van der Waals surface area contributed by atoms with Gasteiger partial charge in [-0.25, -0.2) is 0 Å². The summed E-state index contributed by atoms with van der Waals surface area (Å²) in [5.74, 6) is 0.236. The molecular weight excluding hydrogens is 647 g/mol. The monoisotopic (exact) mass is 671 g/mol. The van der Waals surface area contributed by atoms with Crippen molar-refractivity contribution >= 4 is 0 Å². The molecular formula is C33H24IrN3O. The van der Waals surface area contributed by atoms with Crippen molar-refractivity contribution in [1.82, 2.24) is 15.0 Å². The van der Waals surface area contributed by atoms with Crippen molar-refractivity contribution < 1.29 is 25.2 Å². The first kappa shape index (κ1) is 28.1. The number of nitrogens with zero attached hydrogens (tertiary/aromatic N) is 3. The molecule has 0 aliphatic heterocycles. The Labute approximate surface area is 237 Å². The molecule has 0 spiro atoms. The van der Waals surface area contributed by atoms with Crippen LogP contribution in [0.3, 0.4) is 0 Å². The van der Waals surface area contributed by atoms with Gasteiger partial charge in [-0.3, -0.25) is 0 Å². The summed E-state index contributed by atoms with van der Waals surface area (Å²) in [5.41, 5.74) is 5.64. The van der Waals surface area contributed by atoms with Crippen LogP contribution in [-0.2, 0) is 20.1 Å². The van der Waals surface area contributed by atoms with Gasteiger partial charge < -0.3 is 20.1 Å². The molecule has 0 radical (unpaired) electrons. The Hall–Kier alpha value is -4.44. The van der Waals surface area contributed by atoms with Crippen LogP contribution < -0.4 is 0 Å². The summed E-state index contributed by atoms with van der Waals surface area (Å²) in [6.07, 6.45) is 5.29. The normalized spacial score (nSPS) is 9.47. The second kappa shape index (κ2) is 15.6. The van der Waals surface area contributed by atoms with Gasteiger partial charge >= 0.3 is 20.1 Å². The summed E-state index contributed by atoms with van der Waals surface area (Å²) >= 11 is 0. The van der Waals surface area contributed by atoms with Crippen LogP contribution in [0.15, 0.2) is 140 Å². The number of hydrogen-bond donors (Lipinski definition) is 1. The SMILES string of the molecule is Oc1cc[c-]c(-c2ccccn2)c1.[Ir+3].[c-]1ccccc1-c1ccccn1.[c-]1ccccc1-c1ccccn1. The molecule has 4 nitrogen and oxygen atoms in total. The number of hydrogen-bond acceptors (Lipinski definition) is 4. The first-order valence-corrected chi connectivity index (χ1v) is 11.7. The average Bonchev–Trinajstić information content (AvgIpc) is 3.00. The smallest absolute Gasteiger partial charge is 0.527 e. The van der Waals surface area contributed by atoms with Crippen LogP contribution in [0.4, 0.5) is 0 Å². The van der Waals surface area contributed by atoms with E-state index in [1.165, 1.54) is 0 Å². The zero-order valence-corrected chi connectivity index (χ0v) is 22.8. The van der Waals surface area contributed by atoms with Gasteiger partial charge in [0.1, 0.15) is 0 Å². The van der Waals surface area contributed by atoms with Crippen molar-refractivity contribution in [3.8, 4) is 39.5 Å². The zero-order chi connectivity index (χ0) is 25.5. The molecule has 0 saturated carbocycles. The predicted octanol–water partition coefficient (Wildman–Crippen LogP) is 7.35. The molecule has 38 heavy (non-hydrogen) atoms. The minimum absolute atomic E-state index is 0. The van der Waals surface area contributed by atoms with Crippen molar-refractivity contribution in [2.75, 3.05) is 0 Å². The molecule has 0 atom stereocenters. The molecule has 0 unspecified atom stereocenters. The fraction of sp³-hybridized carbons (Fsp3) is 0. The van der Waals surface area contributed by atoms with Gasteiger partial charge in [0.25, 0.3) is 0 Å². The number of aromatic nitrogens is 3. The average molecular weight is 671 g/mol. The van der Waals surface area contributed by atoms with E-state index >= 15 is 0 Å². The van der Waals surface area contributed by atoms with Crippen LogP contribution >= 0.6 is 0 Å². The van der Waals surface area contributed by atoms with Crippen LogP contribution in [0.1, 0.15) is 0 Å². The Bertz CT molecular complexity index is 1300. The summed E-state index contributed by atoms with van der Waals surface area (Å²) in [5, 5.41) is 9.23. The summed E-state index contributed by atoms with van der Waals surface area (Å²) in [6.45, 7) is 0. The van der Waals surface area contributed by atoms with Gasteiger partial charge in [0.15, 0.2) is 0 Å². The first-order chi connectivity index (χ1) is 18.3. The molecule has 3 heterocycles. The standard InChI is InChI=1S/C11H8NO.2C11H8N.Ir/c13-10-5-3-4-9(8-10)11-6-1-2-7-12-11;2*1-2-6-10(7-3-1)11-8-4-5-9-12-11;/h1-3,5-8,13H;2*1-6,8-9H;/q3*-1;+3. The molecule has 1 N–H and O–H groups in total. The quantitative estimate of drug-likeness (QED) is 0.200. The summed E-state index contributed by atoms with van der Waals surface area (Å²) < 4.78 is 0. The van der Waals surface area contributed by atoms with E-state index in [0.717, 1.165) is 33.8 Å². The van der Waals surface area contributed by atoms with E-state index in [1.807, 2.05) is 103 Å². The van der Waals surface area contributed by atoms with Gasteiger partial charge in [-0.05, 0) is 35.3 Å². The molecule has 6 rings (SSSR count). The number of rotatable bonds is 3. The zero-order valence-electron chi connectivity index (χ0n) is 20.4. The van der Waals surface area contributed by atoms with Gasteiger partial charge in [0.2, 0.25) is 0 Å². The summed E-state index contributed by atoms with van der Waals surface area (Å²) in [4.78, 5) is 12.6. The van der Waals surface area contributed by atoms with E-state index in [2.05, 4.69) is 33.2 Å². The Morgan fingerprint density at radius 2 is 0.868 bits per heavy atom. The van der Waals surface area contributed by atoms with E-state index in [0.29, 0.717) is 0 Å². The van der Waals surface area contributed by atoms with Gasteiger partial charge in [0.05, 0.1) is 0 Å². The molecule has 0 amide bonds. The topological polar surface area (TPSA) is 58.9 Å². The number of benzene rings is 3. The minimum atomic E-state index is 0. The van der Waals surface area contributed by atoms with Gasteiger partial charge in [-0.15, -0.1) is 102 Å². The maximum Gasteiger partial charge on any atom is 3.00 e. The maximum atomic E-state index is 9.23. The van der Waals surface area contributed by atoms with Gasteiger partial charge in [0, 0.05) is 24.3 Å². The second-order valence-corrected chi connectivity index (χ2v) is 7.66. The van der Waals surface area contributed by atoms with Crippen LogP contribution in [-0.4, -0.2) is 20.1 Å². The van der Waals surface area contributed by atoms with Crippen molar-refractivity contribution in [2.45, 2.75) is 0 Å². The number of phenolic OH excluding ortho intramolecular Hbond substituents is 1. The number of phenols is 1.